The third-order valence-electron chi connectivity index (χ3n) is 4.24. The Balaban J connectivity index is 1.78. The molecule has 0 saturated heterocycles. The van der Waals surface area contributed by atoms with Crippen LogP contribution in [0.25, 0.3) is 0 Å². The van der Waals surface area contributed by atoms with Gasteiger partial charge in [0.25, 0.3) is 5.91 Å². The predicted molar refractivity (Wildman–Crippen MR) is 104 cm³/mol. The minimum Gasteiger partial charge on any atom is -0.342 e. The maximum Gasteiger partial charge on any atom is 0.275 e. The number of nitrogens with one attached hydrogen (secondary N) is 3. The zero-order valence-corrected chi connectivity index (χ0v) is 16.1. The molecule has 0 aliphatic rings. The van der Waals surface area contributed by atoms with Crippen molar-refractivity contribution in [2.75, 3.05) is 25.5 Å². The highest BCUT2D eigenvalue weighted by Gasteiger charge is 2.13. The number of carbonyl (C=O) groups is 2. The molecule has 0 aliphatic heterocycles. The number of rotatable bonds is 7. The van der Waals surface area contributed by atoms with Crippen molar-refractivity contribution in [3.8, 4) is 0 Å². The van der Waals surface area contributed by atoms with Gasteiger partial charge < -0.3 is 15.5 Å². The smallest absolute Gasteiger partial charge is 0.275 e. The lowest BCUT2D eigenvalue weighted by Gasteiger charge is -2.15. The van der Waals surface area contributed by atoms with Gasteiger partial charge in [0.15, 0.2) is 6.54 Å². The monoisotopic (exact) mass is 374 g/mol. The van der Waals surface area contributed by atoms with Crippen LogP contribution in [-0.4, -0.2) is 32.0 Å². The van der Waals surface area contributed by atoms with Crippen LogP contribution in [0.1, 0.15) is 16.7 Å². The fourth-order valence-corrected chi connectivity index (χ4v) is 2.83. The molecular weight excluding hydrogens is 350 g/mol. The van der Waals surface area contributed by atoms with E-state index in [0.29, 0.717) is 11.6 Å². The molecule has 0 fully saturated rings. The topological polar surface area (TPSA) is 62.6 Å². The molecule has 2 aromatic rings. The number of carbonyl (C=O) groups excluding carboxylic acids is 2. The Labute approximate surface area is 159 Å². The third kappa shape index (κ3) is 5.86. The van der Waals surface area contributed by atoms with Crippen molar-refractivity contribution in [2.45, 2.75) is 20.4 Å². The Kier molecular flexibility index (Phi) is 7.18. The summed E-state index contributed by atoms with van der Waals surface area (Å²) in [5.74, 6) is -0.415. The molecule has 0 saturated carbocycles. The van der Waals surface area contributed by atoms with Crippen molar-refractivity contribution in [1.82, 2.24) is 5.32 Å². The van der Waals surface area contributed by atoms with Crippen LogP contribution >= 0.6 is 11.6 Å². The first-order valence-corrected chi connectivity index (χ1v) is 8.92. The van der Waals surface area contributed by atoms with E-state index >= 15 is 0 Å². The van der Waals surface area contributed by atoms with Gasteiger partial charge in [-0.15, -0.1) is 0 Å². The number of quaternary nitrogens is 1. The number of anilines is 1. The summed E-state index contributed by atoms with van der Waals surface area (Å²) in [6.07, 6.45) is 0. The molecule has 0 radical (unpaired) electrons. The SMILES string of the molecule is Cc1cccc(NC(=O)CNC(=O)C[NH+](C)Cc2ccccc2Cl)c1C. The van der Waals surface area contributed by atoms with E-state index in [1.807, 2.05) is 63.4 Å². The molecular formula is C20H25ClN3O2+. The minimum atomic E-state index is -0.240. The molecule has 138 valence electrons. The Bertz CT molecular complexity index is 792. The van der Waals surface area contributed by atoms with E-state index in [2.05, 4.69) is 10.6 Å². The molecule has 0 aliphatic carbocycles. The highest BCUT2D eigenvalue weighted by molar-refractivity contribution is 6.31. The largest absolute Gasteiger partial charge is 0.342 e. The predicted octanol–water partition coefficient (Wildman–Crippen LogP) is 1.73. The second kappa shape index (κ2) is 9.36. The number of halogens is 1. The van der Waals surface area contributed by atoms with Gasteiger partial charge in [0.1, 0.15) is 6.54 Å². The van der Waals surface area contributed by atoms with Gasteiger partial charge >= 0.3 is 0 Å². The van der Waals surface area contributed by atoms with Crippen molar-refractivity contribution in [3.63, 3.8) is 0 Å². The lowest BCUT2D eigenvalue weighted by Crippen LogP contribution is -3.08. The molecule has 6 heteroatoms. The summed E-state index contributed by atoms with van der Waals surface area (Å²) in [4.78, 5) is 25.1. The molecule has 0 aromatic heterocycles. The van der Waals surface area contributed by atoms with E-state index in [1.54, 1.807) is 0 Å². The number of benzene rings is 2. The second-order valence-electron chi connectivity index (χ2n) is 6.47. The number of aryl methyl sites for hydroxylation is 1. The molecule has 0 spiro atoms. The van der Waals surface area contributed by atoms with Gasteiger partial charge in [0, 0.05) is 16.3 Å². The van der Waals surface area contributed by atoms with Crippen LogP contribution < -0.4 is 15.5 Å². The van der Waals surface area contributed by atoms with E-state index in [9.17, 15) is 9.59 Å². The van der Waals surface area contributed by atoms with Gasteiger partial charge in [-0.1, -0.05) is 41.9 Å². The maximum atomic E-state index is 12.1. The summed E-state index contributed by atoms with van der Waals surface area (Å²) >= 11 is 6.14. The molecule has 0 bridgehead atoms. The summed E-state index contributed by atoms with van der Waals surface area (Å²) in [5, 5.41) is 6.19. The lowest BCUT2D eigenvalue weighted by molar-refractivity contribution is -0.885. The van der Waals surface area contributed by atoms with Crippen molar-refractivity contribution in [2.24, 2.45) is 0 Å². The van der Waals surface area contributed by atoms with Gasteiger partial charge in [-0.05, 0) is 37.1 Å². The van der Waals surface area contributed by atoms with Crippen molar-refractivity contribution < 1.29 is 14.5 Å². The summed E-state index contributed by atoms with van der Waals surface area (Å²) < 4.78 is 0. The number of hydrogen-bond donors (Lipinski definition) is 3. The van der Waals surface area contributed by atoms with E-state index < -0.39 is 0 Å². The molecule has 2 aromatic carbocycles. The Hall–Kier alpha value is -2.37. The molecule has 0 heterocycles. The number of hydrogen-bond acceptors (Lipinski definition) is 2. The summed E-state index contributed by atoms with van der Waals surface area (Å²) in [6.45, 7) is 4.80. The van der Waals surface area contributed by atoms with Gasteiger partial charge in [-0.3, -0.25) is 9.59 Å². The standard InChI is InChI=1S/C20H24ClN3O2/c1-14-7-6-10-18(15(14)2)23-19(25)11-22-20(26)13-24(3)12-16-8-4-5-9-17(16)21/h4-10H,11-13H2,1-3H3,(H,22,26)(H,23,25)/p+1. The quantitative estimate of drug-likeness (QED) is 0.691. The van der Waals surface area contributed by atoms with Crippen LogP contribution in [0.5, 0.6) is 0 Å². The Morgan fingerprint density at radius 1 is 1.04 bits per heavy atom. The van der Waals surface area contributed by atoms with Crippen molar-refractivity contribution in [1.29, 1.82) is 0 Å². The van der Waals surface area contributed by atoms with Crippen LogP contribution in [0.3, 0.4) is 0 Å². The van der Waals surface area contributed by atoms with Crippen LogP contribution in [-0.2, 0) is 16.1 Å². The van der Waals surface area contributed by atoms with Gasteiger partial charge in [0.2, 0.25) is 5.91 Å². The normalized spacial score (nSPS) is 11.7. The fraction of sp³-hybridized carbons (Fsp3) is 0.300. The van der Waals surface area contributed by atoms with Crippen molar-refractivity contribution >= 4 is 29.1 Å². The van der Waals surface area contributed by atoms with Gasteiger partial charge in [-0.2, -0.15) is 0 Å². The highest BCUT2D eigenvalue weighted by atomic mass is 35.5. The molecule has 1 atom stereocenters. The minimum absolute atomic E-state index is 0.0500. The molecule has 2 amide bonds. The zero-order chi connectivity index (χ0) is 19.1. The van der Waals surface area contributed by atoms with Crippen LogP contribution in [0.4, 0.5) is 5.69 Å². The molecule has 2 rings (SSSR count). The highest BCUT2D eigenvalue weighted by Crippen LogP contribution is 2.17. The Morgan fingerprint density at radius 3 is 2.50 bits per heavy atom. The summed E-state index contributed by atoms with van der Waals surface area (Å²) in [6, 6.07) is 13.3. The third-order valence-corrected chi connectivity index (χ3v) is 4.61. The first-order chi connectivity index (χ1) is 12.4. The van der Waals surface area contributed by atoms with Gasteiger partial charge in [-0.25, -0.2) is 0 Å². The second-order valence-corrected chi connectivity index (χ2v) is 6.88. The Morgan fingerprint density at radius 2 is 1.77 bits per heavy atom. The van der Waals surface area contributed by atoms with Crippen LogP contribution in [0, 0.1) is 13.8 Å². The first-order valence-electron chi connectivity index (χ1n) is 8.54. The lowest BCUT2D eigenvalue weighted by atomic mass is 10.1. The molecule has 5 nitrogen and oxygen atoms in total. The summed E-state index contributed by atoms with van der Waals surface area (Å²) in [5.41, 5.74) is 3.89. The average Bonchev–Trinajstić information content (AvgIpc) is 2.59. The zero-order valence-electron chi connectivity index (χ0n) is 15.4. The summed E-state index contributed by atoms with van der Waals surface area (Å²) in [7, 11) is 1.92. The molecule has 3 N–H and O–H groups in total. The first kappa shape index (κ1) is 19.9. The van der Waals surface area contributed by atoms with E-state index in [0.717, 1.165) is 27.3 Å². The van der Waals surface area contributed by atoms with Crippen LogP contribution in [0.2, 0.25) is 5.02 Å². The van der Waals surface area contributed by atoms with E-state index in [-0.39, 0.29) is 24.9 Å². The molecule has 26 heavy (non-hydrogen) atoms. The fourth-order valence-electron chi connectivity index (χ4n) is 2.63. The number of likely N-dealkylation sites (N-methyl/N-ethyl adjacent to an activating group) is 1. The number of amides is 2. The van der Waals surface area contributed by atoms with E-state index in [4.69, 9.17) is 11.6 Å². The van der Waals surface area contributed by atoms with Crippen LogP contribution in [0.15, 0.2) is 42.5 Å². The van der Waals surface area contributed by atoms with E-state index in [1.165, 1.54) is 0 Å². The maximum absolute atomic E-state index is 12.1. The van der Waals surface area contributed by atoms with Crippen molar-refractivity contribution in [3.05, 3.63) is 64.2 Å². The average molecular weight is 375 g/mol. The van der Waals surface area contributed by atoms with Gasteiger partial charge in [0.05, 0.1) is 13.6 Å². The molecule has 1 unspecified atom stereocenters.